The molecule has 0 rings (SSSR count). The third-order valence-electron chi connectivity index (χ3n) is 1.47. The van der Waals surface area contributed by atoms with Crippen LogP contribution >= 0.6 is 0 Å². The molecule has 0 amide bonds. The molecule has 7 heteroatoms. The van der Waals surface area contributed by atoms with Crippen molar-refractivity contribution in [1.82, 2.24) is 0 Å². The van der Waals surface area contributed by atoms with Crippen LogP contribution in [-0.4, -0.2) is 94.2 Å². The minimum atomic E-state index is -1.64. The maximum absolute atomic E-state index is 10.6. The second-order valence-electron chi connectivity index (χ2n) is 2.45. The molecular formula is C7H15NNa2O4. The quantitative estimate of drug-likeness (QED) is 0.387. The third-order valence-corrected chi connectivity index (χ3v) is 1.47. The third kappa shape index (κ3) is 7.62. The van der Waals surface area contributed by atoms with E-state index in [1.807, 2.05) is 0 Å². The number of hydrogen-bond acceptors (Lipinski definition) is 4. The molecule has 0 aromatic heterocycles. The van der Waals surface area contributed by atoms with Crippen LogP contribution in [0.15, 0.2) is 0 Å². The van der Waals surface area contributed by atoms with Crippen LogP contribution in [0.1, 0.15) is 19.8 Å². The first-order valence-corrected chi connectivity index (χ1v) is 3.84. The van der Waals surface area contributed by atoms with Crippen molar-refractivity contribution in [2.45, 2.75) is 25.5 Å². The molecule has 0 fully saturated rings. The van der Waals surface area contributed by atoms with Crippen LogP contribution in [0, 0.1) is 0 Å². The Labute approximate surface area is 128 Å². The molecule has 0 spiro atoms. The van der Waals surface area contributed by atoms with Gasteiger partial charge >= 0.3 is 5.97 Å². The molecule has 14 heavy (non-hydrogen) atoms. The van der Waals surface area contributed by atoms with E-state index in [-0.39, 0.29) is 78.7 Å². The van der Waals surface area contributed by atoms with Gasteiger partial charge in [0.1, 0.15) is 0 Å². The summed E-state index contributed by atoms with van der Waals surface area (Å²) >= 11 is 0. The second-order valence-corrected chi connectivity index (χ2v) is 2.45. The molecule has 0 saturated carbocycles. The molecule has 1 unspecified atom stereocenters. The van der Waals surface area contributed by atoms with E-state index < -0.39 is 11.7 Å². The van der Waals surface area contributed by atoms with E-state index in [2.05, 4.69) is 0 Å². The van der Waals surface area contributed by atoms with Crippen LogP contribution in [0.5, 0.6) is 0 Å². The summed E-state index contributed by atoms with van der Waals surface area (Å²) in [5.74, 6) is -1.20. The van der Waals surface area contributed by atoms with Crippen molar-refractivity contribution >= 4 is 65.1 Å². The van der Waals surface area contributed by atoms with Crippen LogP contribution < -0.4 is 5.73 Å². The Bertz CT molecular complexity index is 159. The van der Waals surface area contributed by atoms with Gasteiger partial charge in [-0.1, -0.05) is 0 Å². The van der Waals surface area contributed by atoms with Gasteiger partial charge in [-0.3, -0.25) is 5.73 Å². The van der Waals surface area contributed by atoms with Crippen molar-refractivity contribution in [2.75, 3.05) is 13.2 Å². The monoisotopic (exact) mass is 223 g/mol. The summed E-state index contributed by atoms with van der Waals surface area (Å²) in [6, 6.07) is 0. The predicted octanol–water partition coefficient (Wildman–Crippen LogP) is -1.23. The molecule has 0 aliphatic heterocycles. The zero-order valence-electron chi connectivity index (χ0n) is 9.12. The number of carboxylic acid groups (broad SMARTS) is 1. The van der Waals surface area contributed by atoms with Gasteiger partial charge in [0.15, 0.2) is 0 Å². The number of nitrogens with two attached hydrogens (primary N) is 1. The zero-order valence-corrected chi connectivity index (χ0v) is 13.1. The first-order valence-electron chi connectivity index (χ1n) is 3.84. The Kier molecular flexibility index (Phi) is 16.1. The number of aliphatic hydroxyl groups excluding tert-OH is 1. The molecule has 0 aromatic rings. The standard InChI is InChI=1S/C7H15NO4.2Na/c1-2-12-7(8,6(10)11)4-3-5-9;;/h9H,2-5,8H2,1H3,(H,10,11);;. The van der Waals surface area contributed by atoms with Crippen LogP contribution in [0.4, 0.5) is 0 Å². The molecule has 0 aliphatic carbocycles. The van der Waals surface area contributed by atoms with Gasteiger partial charge in [0.2, 0.25) is 5.72 Å². The molecule has 0 aliphatic rings. The van der Waals surface area contributed by atoms with Gasteiger partial charge in [-0.05, 0) is 13.3 Å². The zero-order chi connectivity index (χ0) is 9.61. The van der Waals surface area contributed by atoms with Gasteiger partial charge in [0, 0.05) is 78.7 Å². The molecule has 1 atom stereocenters. The summed E-state index contributed by atoms with van der Waals surface area (Å²) < 4.78 is 4.86. The van der Waals surface area contributed by atoms with Crippen molar-refractivity contribution in [1.29, 1.82) is 0 Å². The SMILES string of the molecule is CCOC(N)(CCCO)C(=O)O.[Na].[Na]. The summed E-state index contributed by atoms with van der Waals surface area (Å²) in [4.78, 5) is 10.6. The number of rotatable bonds is 6. The average Bonchev–Trinajstić information content (AvgIpc) is 2.01. The molecule has 0 heterocycles. The summed E-state index contributed by atoms with van der Waals surface area (Å²) in [6.07, 6.45) is 0.440. The van der Waals surface area contributed by atoms with Crippen LogP contribution in [0.25, 0.3) is 0 Å². The Hall–Kier alpha value is 1.35. The number of hydrogen-bond donors (Lipinski definition) is 3. The normalized spacial score (nSPS) is 13.4. The van der Waals surface area contributed by atoms with Gasteiger partial charge in [-0.25, -0.2) is 4.79 Å². The molecule has 5 nitrogen and oxygen atoms in total. The topological polar surface area (TPSA) is 92.8 Å². The average molecular weight is 223 g/mol. The molecule has 0 bridgehead atoms. The molecule has 74 valence electrons. The van der Waals surface area contributed by atoms with Crippen LogP contribution in [-0.2, 0) is 9.53 Å². The van der Waals surface area contributed by atoms with Gasteiger partial charge in [0.25, 0.3) is 0 Å². The minimum Gasteiger partial charge on any atom is -0.478 e. The molecule has 0 saturated heterocycles. The fraction of sp³-hybridized carbons (Fsp3) is 0.857. The minimum absolute atomic E-state index is 0. The second kappa shape index (κ2) is 10.9. The summed E-state index contributed by atoms with van der Waals surface area (Å²) in [7, 11) is 0. The predicted molar refractivity (Wildman–Crippen MR) is 54.0 cm³/mol. The summed E-state index contributed by atoms with van der Waals surface area (Å²) in [5.41, 5.74) is 3.76. The first-order chi connectivity index (χ1) is 5.56. The molecular weight excluding hydrogens is 208 g/mol. The van der Waals surface area contributed by atoms with Crippen molar-refractivity contribution in [2.24, 2.45) is 5.73 Å². The van der Waals surface area contributed by atoms with Gasteiger partial charge in [-0.15, -0.1) is 0 Å². The van der Waals surface area contributed by atoms with E-state index >= 15 is 0 Å². The van der Waals surface area contributed by atoms with Gasteiger partial charge < -0.3 is 14.9 Å². The van der Waals surface area contributed by atoms with Crippen molar-refractivity contribution in [3.05, 3.63) is 0 Å². The van der Waals surface area contributed by atoms with E-state index in [1.165, 1.54) is 0 Å². The number of ether oxygens (including phenoxy) is 1. The van der Waals surface area contributed by atoms with Crippen LogP contribution in [0.2, 0.25) is 0 Å². The van der Waals surface area contributed by atoms with Crippen molar-refractivity contribution in [3.63, 3.8) is 0 Å². The van der Waals surface area contributed by atoms with Crippen molar-refractivity contribution in [3.8, 4) is 0 Å². The Morgan fingerprint density at radius 2 is 2.00 bits per heavy atom. The first kappa shape index (κ1) is 20.7. The fourth-order valence-electron chi connectivity index (χ4n) is 0.840. The van der Waals surface area contributed by atoms with E-state index in [4.69, 9.17) is 20.7 Å². The van der Waals surface area contributed by atoms with Gasteiger partial charge in [0.05, 0.1) is 0 Å². The number of carboxylic acids is 1. The Balaban J connectivity index is -0.000000605. The smallest absolute Gasteiger partial charge is 0.351 e. The largest absolute Gasteiger partial charge is 0.478 e. The maximum atomic E-state index is 10.6. The number of carbonyl (C=O) groups is 1. The Morgan fingerprint density at radius 3 is 2.29 bits per heavy atom. The van der Waals surface area contributed by atoms with Crippen LogP contribution in [0.3, 0.4) is 0 Å². The van der Waals surface area contributed by atoms with E-state index in [1.54, 1.807) is 6.92 Å². The maximum Gasteiger partial charge on any atom is 0.351 e. The molecule has 2 radical (unpaired) electrons. The summed E-state index contributed by atoms with van der Waals surface area (Å²) in [5, 5.41) is 17.1. The van der Waals surface area contributed by atoms with Crippen molar-refractivity contribution < 1.29 is 19.7 Å². The number of aliphatic carboxylic acids is 1. The van der Waals surface area contributed by atoms with E-state index in [0.29, 0.717) is 6.42 Å². The van der Waals surface area contributed by atoms with Gasteiger partial charge in [-0.2, -0.15) is 0 Å². The van der Waals surface area contributed by atoms with E-state index in [0.717, 1.165) is 0 Å². The van der Waals surface area contributed by atoms with E-state index in [9.17, 15) is 4.79 Å². The fourth-order valence-corrected chi connectivity index (χ4v) is 0.840. The molecule has 4 N–H and O–H groups in total. The molecule has 0 aromatic carbocycles. The number of aliphatic hydroxyl groups is 1. The Morgan fingerprint density at radius 1 is 1.50 bits per heavy atom. The summed E-state index contributed by atoms with van der Waals surface area (Å²) in [6.45, 7) is 1.83.